The molecule has 1 saturated heterocycles. The van der Waals surface area contributed by atoms with Gasteiger partial charge >= 0.3 is 4.87 Å². The lowest BCUT2D eigenvalue weighted by Gasteiger charge is -2.33. The van der Waals surface area contributed by atoms with Crippen LogP contribution in [0.15, 0.2) is 33.3 Å². The molecular formula is C20H27N3O6S2. The van der Waals surface area contributed by atoms with Crippen LogP contribution in [0, 0.1) is 6.92 Å². The van der Waals surface area contributed by atoms with E-state index in [0.29, 0.717) is 56.2 Å². The maximum Gasteiger partial charge on any atom is 0.305 e. The fraction of sp³-hybridized carbons (Fsp3) is 0.500. The Morgan fingerprint density at radius 3 is 2.26 bits per heavy atom. The number of sulfonamides is 1. The average molecular weight is 470 g/mol. The molecule has 1 aromatic heterocycles. The van der Waals surface area contributed by atoms with Crippen LogP contribution >= 0.6 is 11.3 Å². The molecule has 0 saturated carbocycles. The molecule has 1 aliphatic rings. The molecule has 2 heterocycles. The lowest BCUT2D eigenvalue weighted by Crippen LogP contribution is -2.50. The number of hydrogen-bond donors (Lipinski definition) is 1. The molecule has 1 amide bonds. The summed E-state index contributed by atoms with van der Waals surface area (Å²) in [6.07, 6.45) is 0.906. The van der Waals surface area contributed by atoms with Crippen molar-refractivity contribution in [2.24, 2.45) is 0 Å². The number of ether oxygens (including phenoxy) is 2. The van der Waals surface area contributed by atoms with Crippen LogP contribution in [0.1, 0.15) is 25.5 Å². The maximum atomic E-state index is 12.8. The van der Waals surface area contributed by atoms with E-state index >= 15 is 0 Å². The van der Waals surface area contributed by atoms with Crippen LogP contribution < -0.4 is 14.3 Å². The molecule has 0 unspecified atom stereocenters. The molecular weight excluding hydrogens is 442 g/mol. The van der Waals surface area contributed by atoms with Gasteiger partial charge in [-0.25, -0.2) is 8.42 Å². The van der Waals surface area contributed by atoms with Gasteiger partial charge in [-0.3, -0.25) is 9.59 Å². The van der Waals surface area contributed by atoms with Gasteiger partial charge in [0.25, 0.3) is 10.0 Å². The number of aromatic nitrogens is 1. The van der Waals surface area contributed by atoms with Crippen LogP contribution in [0.4, 0.5) is 0 Å². The number of carbonyl (C=O) groups is 1. The van der Waals surface area contributed by atoms with Crippen molar-refractivity contribution in [1.82, 2.24) is 14.2 Å². The van der Waals surface area contributed by atoms with Crippen molar-refractivity contribution >= 4 is 27.3 Å². The number of aryl methyl sites for hydroxylation is 1. The number of nitrogens with one attached hydrogen (secondary N) is 1. The van der Waals surface area contributed by atoms with Crippen LogP contribution in [0.3, 0.4) is 0 Å². The predicted molar refractivity (Wildman–Crippen MR) is 117 cm³/mol. The monoisotopic (exact) mass is 469 g/mol. The van der Waals surface area contributed by atoms with Crippen molar-refractivity contribution in [2.75, 3.05) is 39.4 Å². The van der Waals surface area contributed by atoms with Gasteiger partial charge in [0.1, 0.15) is 11.5 Å². The quantitative estimate of drug-likeness (QED) is 0.562. The zero-order valence-corrected chi connectivity index (χ0v) is 19.3. The highest BCUT2D eigenvalue weighted by molar-refractivity contribution is 7.91. The fourth-order valence-corrected chi connectivity index (χ4v) is 6.16. The number of carbonyl (C=O) groups excluding carboxylic acids is 1. The van der Waals surface area contributed by atoms with Crippen LogP contribution in [0.5, 0.6) is 11.5 Å². The smallest absolute Gasteiger partial charge is 0.305 e. The molecule has 0 spiro atoms. The van der Waals surface area contributed by atoms with Crippen molar-refractivity contribution in [1.29, 1.82) is 0 Å². The van der Waals surface area contributed by atoms with Crippen LogP contribution in [-0.2, 0) is 14.8 Å². The number of thiazole rings is 1. The molecule has 0 bridgehead atoms. The van der Waals surface area contributed by atoms with Crippen molar-refractivity contribution in [3.63, 3.8) is 0 Å². The van der Waals surface area contributed by atoms with Crippen molar-refractivity contribution < 1.29 is 22.7 Å². The van der Waals surface area contributed by atoms with Gasteiger partial charge < -0.3 is 19.4 Å². The highest BCUT2D eigenvalue weighted by Crippen LogP contribution is 2.22. The minimum atomic E-state index is -3.73. The minimum absolute atomic E-state index is 0.0187. The number of aromatic amines is 1. The molecule has 1 aromatic carbocycles. The first kappa shape index (κ1) is 23.3. The van der Waals surface area contributed by atoms with E-state index in [4.69, 9.17) is 9.47 Å². The second kappa shape index (κ2) is 10.3. The Kier molecular flexibility index (Phi) is 7.74. The van der Waals surface area contributed by atoms with E-state index in [-0.39, 0.29) is 23.2 Å². The van der Waals surface area contributed by atoms with E-state index in [1.165, 1.54) is 4.31 Å². The third kappa shape index (κ3) is 5.86. The summed E-state index contributed by atoms with van der Waals surface area (Å²) in [4.78, 5) is 27.7. The summed E-state index contributed by atoms with van der Waals surface area (Å²) in [5, 5.41) is 0. The van der Waals surface area contributed by atoms with E-state index in [0.717, 1.165) is 11.5 Å². The van der Waals surface area contributed by atoms with Crippen LogP contribution in [0.2, 0.25) is 0 Å². The Hall–Kier alpha value is -2.37. The van der Waals surface area contributed by atoms with Crippen molar-refractivity contribution in [3.05, 3.63) is 39.6 Å². The Morgan fingerprint density at radius 2 is 1.71 bits per heavy atom. The first-order chi connectivity index (χ1) is 14.8. The third-order valence-corrected chi connectivity index (χ3v) is 8.37. The summed E-state index contributed by atoms with van der Waals surface area (Å²) in [6.45, 7) is 5.60. The Bertz CT molecular complexity index is 1040. The largest absolute Gasteiger partial charge is 0.494 e. The molecule has 31 heavy (non-hydrogen) atoms. The Balaban J connectivity index is 1.42. The summed E-state index contributed by atoms with van der Waals surface area (Å²) in [7, 11) is -3.73. The zero-order chi connectivity index (χ0) is 22.4. The summed E-state index contributed by atoms with van der Waals surface area (Å²) in [6, 6.07) is 7.33. The van der Waals surface area contributed by atoms with Gasteiger partial charge in [-0.2, -0.15) is 4.31 Å². The van der Waals surface area contributed by atoms with Gasteiger partial charge in [-0.1, -0.05) is 11.3 Å². The first-order valence-electron chi connectivity index (χ1n) is 10.1. The van der Waals surface area contributed by atoms with E-state index < -0.39 is 14.9 Å². The average Bonchev–Trinajstić information content (AvgIpc) is 3.11. The molecule has 0 atom stereocenters. The molecule has 11 heteroatoms. The van der Waals surface area contributed by atoms with Gasteiger partial charge in [-0.05, 0) is 44.5 Å². The molecule has 1 fully saturated rings. The SMILES string of the molecule is CCOc1ccc(OCCCC(=O)N2CCN(S(=O)(=O)c3sc(=O)[nH]c3C)CC2)cc1. The molecule has 0 aliphatic carbocycles. The van der Waals surface area contributed by atoms with E-state index in [9.17, 15) is 18.0 Å². The number of benzene rings is 1. The van der Waals surface area contributed by atoms with Gasteiger partial charge in [0, 0.05) is 38.3 Å². The second-order valence-corrected chi connectivity index (χ2v) is 10.2. The van der Waals surface area contributed by atoms with E-state index in [1.807, 2.05) is 31.2 Å². The minimum Gasteiger partial charge on any atom is -0.494 e. The second-order valence-electron chi connectivity index (χ2n) is 7.07. The van der Waals surface area contributed by atoms with Crippen molar-refractivity contribution in [2.45, 2.75) is 30.9 Å². The zero-order valence-electron chi connectivity index (χ0n) is 17.6. The lowest BCUT2D eigenvalue weighted by atomic mass is 10.2. The fourth-order valence-electron chi connectivity index (χ4n) is 3.30. The predicted octanol–water partition coefficient (Wildman–Crippen LogP) is 1.84. The van der Waals surface area contributed by atoms with E-state index in [2.05, 4.69) is 4.98 Å². The molecule has 170 valence electrons. The first-order valence-corrected chi connectivity index (χ1v) is 12.4. The topological polar surface area (TPSA) is 109 Å². The molecule has 1 aliphatic heterocycles. The van der Waals surface area contributed by atoms with Crippen molar-refractivity contribution in [3.8, 4) is 11.5 Å². The molecule has 2 aromatic rings. The molecule has 9 nitrogen and oxygen atoms in total. The Labute approximate surface area is 185 Å². The number of hydrogen-bond acceptors (Lipinski definition) is 7. The number of nitrogens with zero attached hydrogens (tertiary/aromatic N) is 2. The normalized spacial score (nSPS) is 15.1. The molecule has 1 N–H and O–H groups in total. The molecule has 0 radical (unpaired) electrons. The number of amides is 1. The summed E-state index contributed by atoms with van der Waals surface area (Å²) >= 11 is 0.695. The summed E-state index contributed by atoms with van der Waals surface area (Å²) < 4.78 is 37.9. The maximum absolute atomic E-state index is 12.8. The number of rotatable bonds is 9. The van der Waals surface area contributed by atoms with E-state index in [1.54, 1.807) is 11.8 Å². The summed E-state index contributed by atoms with van der Waals surface area (Å²) in [5.74, 6) is 1.49. The van der Waals surface area contributed by atoms with Gasteiger partial charge in [0.05, 0.1) is 13.2 Å². The number of H-pyrrole nitrogens is 1. The van der Waals surface area contributed by atoms with Crippen LogP contribution in [-0.4, -0.2) is 67.9 Å². The standard InChI is InChI=1S/C20H27N3O6S2/c1-3-28-16-6-8-17(9-7-16)29-14-4-5-18(24)22-10-12-23(13-11-22)31(26,27)19-15(2)21-20(25)30-19/h6-9H,3-5,10-14H2,1-2H3,(H,21,25). The third-order valence-electron chi connectivity index (χ3n) is 4.89. The van der Waals surface area contributed by atoms with Gasteiger partial charge in [0.15, 0.2) is 4.21 Å². The highest BCUT2D eigenvalue weighted by atomic mass is 32.2. The Morgan fingerprint density at radius 1 is 1.10 bits per heavy atom. The van der Waals surface area contributed by atoms with Gasteiger partial charge in [-0.15, -0.1) is 0 Å². The van der Waals surface area contributed by atoms with Gasteiger partial charge in [0.2, 0.25) is 5.91 Å². The summed E-state index contributed by atoms with van der Waals surface area (Å²) in [5.41, 5.74) is 0.348. The lowest BCUT2D eigenvalue weighted by molar-refractivity contribution is -0.132. The highest BCUT2D eigenvalue weighted by Gasteiger charge is 2.32. The van der Waals surface area contributed by atoms with Crippen LogP contribution in [0.25, 0.3) is 0 Å². The molecule has 3 rings (SSSR count). The number of piperazine rings is 1.